The molecule has 1 aromatic rings. The van der Waals surface area contributed by atoms with Crippen LogP contribution in [0.15, 0.2) is 18.2 Å². The average Bonchev–Trinajstić information content (AvgIpc) is 2.48. The van der Waals surface area contributed by atoms with Gasteiger partial charge >= 0.3 is 0 Å². The number of sulfone groups is 1. The van der Waals surface area contributed by atoms with Gasteiger partial charge in [-0.15, -0.1) is 0 Å². The van der Waals surface area contributed by atoms with Crippen molar-refractivity contribution in [3.63, 3.8) is 0 Å². The summed E-state index contributed by atoms with van der Waals surface area (Å²) in [5, 5.41) is 3.36. The lowest BCUT2D eigenvalue weighted by Gasteiger charge is -2.33. The van der Waals surface area contributed by atoms with Gasteiger partial charge in [0.2, 0.25) is 0 Å². The molecule has 2 aliphatic heterocycles. The van der Waals surface area contributed by atoms with Gasteiger partial charge in [0.15, 0.2) is 9.84 Å². The molecule has 0 amide bonds. The summed E-state index contributed by atoms with van der Waals surface area (Å²) < 4.78 is 29.6. The number of benzene rings is 1. The third-order valence-corrected chi connectivity index (χ3v) is 7.33. The van der Waals surface area contributed by atoms with Crippen molar-refractivity contribution >= 4 is 15.5 Å². The molecule has 1 unspecified atom stereocenters. The van der Waals surface area contributed by atoms with Crippen molar-refractivity contribution in [2.75, 3.05) is 24.2 Å². The second kappa shape index (κ2) is 5.52. The molecule has 1 saturated heterocycles. The summed E-state index contributed by atoms with van der Waals surface area (Å²) in [5.74, 6) is 1.07. The van der Waals surface area contributed by atoms with Crippen LogP contribution in [0.5, 0.6) is 5.75 Å². The molecule has 2 heterocycles. The smallest absolute Gasteiger partial charge is 0.159 e. The van der Waals surface area contributed by atoms with E-state index in [9.17, 15) is 8.42 Å². The van der Waals surface area contributed by atoms with Crippen LogP contribution in [-0.4, -0.2) is 32.1 Å². The fourth-order valence-corrected chi connectivity index (χ4v) is 4.90. The van der Waals surface area contributed by atoms with E-state index in [0.717, 1.165) is 38.0 Å². The minimum Gasteiger partial charge on any atom is -0.492 e. The molecule has 0 saturated carbocycles. The molecule has 116 valence electrons. The number of hydrogen-bond donors (Lipinski definition) is 1. The molecule has 4 nitrogen and oxygen atoms in total. The van der Waals surface area contributed by atoms with Crippen LogP contribution in [0.1, 0.15) is 38.2 Å². The predicted molar refractivity (Wildman–Crippen MR) is 84.8 cm³/mol. The Morgan fingerprint density at radius 3 is 2.95 bits per heavy atom. The number of anilines is 1. The number of hydrogen-bond acceptors (Lipinski definition) is 4. The van der Waals surface area contributed by atoms with Crippen molar-refractivity contribution in [2.45, 2.75) is 43.8 Å². The Bertz CT molecular complexity index is 626. The fourth-order valence-electron chi connectivity index (χ4n) is 3.13. The number of ether oxygens (including phenoxy) is 1. The first-order valence-corrected chi connectivity index (χ1v) is 9.37. The van der Waals surface area contributed by atoms with Gasteiger partial charge in [0, 0.05) is 12.2 Å². The third-order valence-electron chi connectivity index (χ3n) is 4.68. The van der Waals surface area contributed by atoms with Gasteiger partial charge in [-0.25, -0.2) is 8.42 Å². The Morgan fingerprint density at radius 1 is 1.29 bits per heavy atom. The Morgan fingerprint density at radius 2 is 2.14 bits per heavy atom. The van der Waals surface area contributed by atoms with Gasteiger partial charge in [-0.05, 0) is 56.4 Å². The van der Waals surface area contributed by atoms with E-state index < -0.39 is 14.6 Å². The zero-order chi connectivity index (χ0) is 14.9. The van der Waals surface area contributed by atoms with E-state index in [1.807, 2.05) is 25.1 Å². The second-order valence-electron chi connectivity index (χ2n) is 6.36. The van der Waals surface area contributed by atoms with Gasteiger partial charge < -0.3 is 10.1 Å². The Labute approximate surface area is 126 Å². The highest BCUT2D eigenvalue weighted by Crippen LogP contribution is 2.32. The van der Waals surface area contributed by atoms with Gasteiger partial charge in [-0.1, -0.05) is 6.42 Å². The van der Waals surface area contributed by atoms with E-state index in [1.165, 1.54) is 11.3 Å². The van der Waals surface area contributed by atoms with Crippen molar-refractivity contribution in [1.29, 1.82) is 0 Å². The van der Waals surface area contributed by atoms with Crippen molar-refractivity contribution in [3.8, 4) is 5.75 Å². The highest BCUT2D eigenvalue weighted by atomic mass is 32.2. The topological polar surface area (TPSA) is 55.4 Å². The lowest BCUT2D eigenvalue weighted by molar-refractivity contribution is 0.257. The zero-order valence-corrected chi connectivity index (χ0v) is 13.3. The van der Waals surface area contributed by atoms with Crippen molar-refractivity contribution < 1.29 is 13.2 Å². The highest BCUT2D eigenvalue weighted by Gasteiger charge is 2.41. The maximum Gasteiger partial charge on any atom is 0.159 e. The van der Waals surface area contributed by atoms with Crippen LogP contribution in [0.4, 0.5) is 5.69 Å². The molecule has 1 N–H and O–H groups in total. The van der Waals surface area contributed by atoms with Gasteiger partial charge in [-0.3, -0.25) is 0 Å². The maximum atomic E-state index is 12.3. The van der Waals surface area contributed by atoms with Gasteiger partial charge in [0.1, 0.15) is 17.1 Å². The molecule has 1 aromatic carbocycles. The second-order valence-corrected chi connectivity index (χ2v) is 8.99. The first kappa shape index (κ1) is 14.7. The van der Waals surface area contributed by atoms with E-state index in [-0.39, 0.29) is 6.61 Å². The van der Waals surface area contributed by atoms with E-state index in [0.29, 0.717) is 12.2 Å². The highest BCUT2D eigenvalue weighted by molar-refractivity contribution is 7.92. The number of aryl methyl sites for hydroxylation is 1. The molecule has 0 radical (unpaired) electrons. The van der Waals surface area contributed by atoms with Crippen LogP contribution in [0.25, 0.3) is 0 Å². The number of rotatable bonds is 3. The molecule has 2 aliphatic rings. The molecule has 21 heavy (non-hydrogen) atoms. The van der Waals surface area contributed by atoms with Gasteiger partial charge in [0.25, 0.3) is 0 Å². The normalized spacial score (nSPS) is 27.5. The molecule has 5 heteroatoms. The Balaban J connectivity index is 1.72. The Kier molecular flexibility index (Phi) is 3.86. The molecule has 0 aliphatic carbocycles. The largest absolute Gasteiger partial charge is 0.492 e. The summed E-state index contributed by atoms with van der Waals surface area (Å²) in [6, 6.07) is 6.00. The molecular formula is C16H23NO3S. The van der Waals surface area contributed by atoms with Crippen LogP contribution >= 0.6 is 0 Å². The zero-order valence-electron chi connectivity index (χ0n) is 12.5. The summed E-state index contributed by atoms with van der Waals surface area (Å²) >= 11 is 0. The van der Waals surface area contributed by atoms with E-state index in [4.69, 9.17) is 4.74 Å². The van der Waals surface area contributed by atoms with E-state index in [1.54, 1.807) is 0 Å². The van der Waals surface area contributed by atoms with Crippen molar-refractivity contribution in [2.24, 2.45) is 0 Å². The van der Waals surface area contributed by atoms with Gasteiger partial charge in [-0.2, -0.15) is 0 Å². The summed E-state index contributed by atoms with van der Waals surface area (Å²) in [5.41, 5.74) is 2.43. The molecule has 1 atom stereocenters. The standard InChI is InChI=1S/C16H23NO3S/c1-16(8-2-3-10-21(16,18)19)12-20-14-6-7-15-13(11-14)5-4-9-17-15/h6-7,11,17H,2-5,8-10,12H2,1H3. The summed E-state index contributed by atoms with van der Waals surface area (Å²) in [6.45, 7) is 3.09. The molecule has 1 fully saturated rings. The maximum absolute atomic E-state index is 12.3. The van der Waals surface area contributed by atoms with Gasteiger partial charge in [0.05, 0.1) is 5.75 Å². The first-order valence-electron chi connectivity index (χ1n) is 7.72. The number of nitrogens with one attached hydrogen (secondary N) is 1. The van der Waals surface area contributed by atoms with Crippen LogP contribution < -0.4 is 10.1 Å². The van der Waals surface area contributed by atoms with Crippen LogP contribution in [0.2, 0.25) is 0 Å². The summed E-state index contributed by atoms with van der Waals surface area (Å²) in [6.07, 6.45) is 4.62. The summed E-state index contributed by atoms with van der Waals surface area (Å²) in [7, 11) is -3.05. The molecule has 0 aromatic heterocycles. The van der Waals surface area contributed by atoms with Crippen LogP contribution in [0.3, 0.4) is 0 Å². The van der Waals surface area contributed by atoms with Crippen LogP contribution in [-0.2, 0) is 16.3 Å². The SMILES string of the molecule is CC1(COc2ccc3c(c2)CCCN3)CCCCS1(=O)=O. The molecule has 3 rings (SSSR count). The van der Waals surface area contributed by atoms with Crippen molar-refractivity contribution in [3.05, 3.63) is 23.8 Å². The van der Waals surface area contributed by atoms with Crippen LogP contribution in [0, 0.1) is 0 Å². The minimum absolute atomic E-state index is 0.252. The minimum atomic E-state index is -3.05. The third kappa shape index (κ3) is 2.89. The predicted octanol–water partition coefficient (Wildman–Crippen LogP) is 2.78. The Hall–Kier alpha value is -1.23. The lowest BCUT2D eigenvalue weighted by atomic mass is 10.0. The van der Waals surface area contributed by atoms with Crippen molar-refractivity contribution in [1.82, 2.24) is 0 Å². The summed E-state index contributed by atoms with van der Waals surface area (Å²) in [4.78, 5) is 0. The lowest BCUT2D eigenvalue weighted by Crippen LogP contribution is -2.45. The molecule has 0 bridgehead atoms. The van der Waals surface area contributed by atoms with E-state index in [2.05, 4.69) is 5.32 Å². The fraction of sp³-hybridized carbons (Fsp3) is 0.625. The molecular weight excluding hydrogens is 286 g/mol. The average molecular weight is 309 g/mol. The monoisotopic (exact) mass is 309 g/mol. The first-order chi connectivity index (χ1) is 10.0. The quantitative estimate of drug-likeness (QED) is 0.933. The molecule has 0 spiro atoms. The number of fused-ring (bicyclic) bond motifs is 1. The van der Waals surface area contributed by atoms with E-state index >= 15 is 0 Å².